The summed E-state index contributed by atoms with van der Waals surface area (Å²) in [5, 5.41) is 10.4. The SMILES string of the molecule is Cc1c(CC(=O)N2CCN(C(c3ccccc3)c3ccccc3)CC2)c(=O)oc2cc(O)ccc12. The molecule has 6 heteroatoms. The minimum absolute atomic E-state index is 0.00574. The molecule has 1 aliphatic heterocycles. The summed E-state index contributed by atoms with van der Waals surface area (Å²) in [6.45, 7) is 4.50. The number of hydrogen-bond acceptors (Lipinski definition) is 5. The number of benzene rings is 3. The number of phenolic OH excluding ortho intramolecular Hbond substituents is 1. The van der Waals surface area contributed by atoms with Gasteiger partial charge in [-0.1, -0.05) is 60.7 Å². The van der Waals surface area contributed by atoms with E-state index in [1.807, 2.05) is 24.0 Å². The van der Waals surface area contributed by atoms with Crippen molar-refractivity contribution in [2.24, 2.45) is 0 Å². The van der Waals surface area contributed by atoms with E-state index in [0.717, 1.165) is 24.0 Å². The summed E-state index contributed by atoms with van der Waals surface area (Å²) in [6.07, 6.45) is 0.00574. The summed E-state index contributed by atoms with van der Waals surface area (Å²) >= 11 is 0. The number of carbonyl (C=O) groups excluding carboxylic acids is 1. The molecule has 1 aromatic heterocycles. The van der Waals surface area contributed by atoms with Crippen LogP contribution in [-0.2, 0) is 11.2 Å². The Kier molecular flexibility index (Phi) is 6.38. The van der Waals surface area contributed by atoms with E-state index in [2.05, 4.69) is 53.4 Å². The van der Waals surface area contributed by atoms with Crippen molar-refractivity contribution in [3.63, 3.8) is 0 Å². The molecule has 0 bridgehead atoms. The summed E-state index contributed by atoms with van der Waals surface area (Å²) in [6, 6.07) is 25.7. The molecule has 0 unspecified atom stereocenters. The zero-order valence-corrected chi connectivity index (χ0v) is 19.7. The fourth-order valence-corrected chi connectivity index (χ4v) is 4.96. The first kappa shape index (κ1) is 22.9. The maximum atomic E-state index is 13.2. The van der Waals surface area contributed by atoms with Crippen molar-refractivity contribution in [2.45, 2.75) is 19.4 Å². The third-order valence-electron chi connectivity index (χ3n) is 6.86. The lowest BCUT2D eigenvalue weighted by Gasteiger charge is -2.40. The zero-order chi connectivity index (χ0) is 24.4. The van der Waals surface area contributed by atoms with Gasteiger partial charge in [-0.2, -0.15) is 0 Å². The first-order valence-electron chi connectivity index (χ1n) is 11.9. The molecule has 0 spiro atoms. The number of hydrogen-bond donors (Lipinski definition) is 1. The Bertz CT molecular complexity index is 1350. The van der Waals surface area contributed by atoms with Gasteiger partial charge in [-0.25, -0.2) is 4.79 Å². The van der Waals surface area contributed by atoms with E-state index >= 15 is 0 Å². The molecule has 1 fully saturated rings. The van der Waals surface area contributed by atoms with Crippen LogP contribution in [-0.4, -0.2) is 47.0 Å². The molecule has 178 valence electrons. The quantitative estimate of drug-likeness (QED) is 0.443. The first-order chi connectivity index (χ1) is 17.0. The van der Waals surface area contributed by atoms with E-state index in [1.165, 1.54) is 17.2 Å². The van der Waals surface area contributed by atoms with Gasteiger partial charge in [0.15, 0.2) is 0 Å². The van der Waals surface area contributed by atoms with Crippen molar-refractivity contribution in [3.8, 4) is 5.75 Å². The van der Waals surface area contributed by atoms with Gasteiger partial charge < -0.3 is 14.4 Å². The number of fused-ring (bicyclic) bond motifs is 1. The van der Waals surface area contributed by atoms with Crippen LogP contribution in [0.25, 0.3) is 11.0 Å². The fraction of sp³-hybridized carbons (Fsp3) is 0.241. The normalized spacial score (nSPS) is 14.5. The van der Waals surface area contributed by atoms with Gasteiger partial charge in [-0.05, 0) is 35.7 Å². The highest BCUT2D eigenvalue weighted by atomic mass is 16.4. The highest BCUT2D eigenvalue weighted by Gasteiger charge is 2.29. The second-order valence-electron chi connectivity index (χ2n) is 8.99. The van der Waals surface area contributed by atoms with E-state index < -0.39 is 5.63 Å². The first-order valence-corrected chi connectivity index (χ1v) is 11.9. The molecule has 1 saturated heterocycles. The average molecular weight is 469 g/mol. The van der Waals surface area contributed by atoms with Crippen LogP contribution in [0.2, 0.25) is 0 Å². The predicted molar refractivity (Wildman–Crippen MR) is 135 cm³/mol. The standard InChI is InChI=1S/C29H28N2O4/c1-20-24-13-12-23(32)18-26(24)35-29(34)25(20)19-27(33)30-14-16-31(17-15-30)28(21-8-4-2-5-9-21)22-10-6-3-7-11-22/h2-13,18,28,32H,14-17,19H2,1H3. The van der Waals surface area contributed by atoms with Crippen molar-refractivity contribution >= 4 is 16.9 Å². The molecule has 5 rings (SSSR count). The second-order valence-corrected chi connectivity index (χ2v) is 8.99. The van der Waals surface area contributed by atoms with Crippen LogP contribution in [0.5, 0.6) is 5.75 Å². The van der Waals surface area contributed by atoms with Crippen LogP contribution in [0.15, 0.2) is 88.1 Å². The highest BCUT2D eigenvalue weighted by molar-refractivity contribution is 5.85. The number of rotatable bonds is 5. The molecule has 35 heavy (non-hydrogen) atoms. The number of carbonyl (C=O) groups is 1. The van der Waals surface area contributed by atoms with E-state index in [1.54, 1.807) is 12.1 Å². The van der Waals surface area contributed by atoms with Gasteiger partial charge in [0.2, 0.25) is 5.91 Å². The number of aromatic hydroxyl groups is 1. The van der Waals surface area contributed by atoms with Crippen LogP contribution in [0.4, 0.5) is 0 Å². The second kappa shape index (κ2) is 9.76. The van der Waals surface area contributed by atoms with Gasteiger partial charge in [0, 0.05) is 37.6 Å². The lowest BCUT2D eigenvalue weighted by molar-refractivity contribution is -0.132. The zero-order valence-electron chi connectivity index (χ0n) is 19.7. The number of nitrogens with zero attached hydrogens (tertiary/aromatic N) is 2. The number of aryl methyl sites for hydroxylation is 1. The van der Waals surface area contributed by atoms with Gasteiger partial charge in [-0.15, -0.1) is 0 Å². The number of phenols is 1. The van der Waals surface area contributed by atoms with Gasteiger partial charge in [0.25, 0.3) is 0 Å². The average Bonchev–Trinajstić information content (AvgIpc) is 2.88. The number of piperazine rings is 1. The molecule has 4 aromatic rings. The monoisotopic (exact) mass is 468 g/mol. The molecule has 0 atom stereocenters. The molecule has 1 amide bonds. The largest absolute Gasteiger partial charge is 0.508 e. The summed E-state index contributed by atoms with van der Waals surface area (Å²) in [5.74, 6) is -0.0415. The molecule has 6 nitrogen and oxygen atoms in total. The van der Waals surface area contributed by atoms with Crippen molar-refractivity contribution < 1.29 is 14.3 Å². The van der Waals surface area contributed by atoms with E-state index in [0.29, 0.717) is 24.2 Å². The minimum atomic E-state index is -0.527. The Hall–Kier alpha value is -3.90. The maximum absolute atomic E-state index is 13.2. The Morgan fingerprint density at radius 1 is 0.914 bits per heavy atom. The number of amides is 1. The predicted octanol–water partition coefficient (Wildman–Crippen LogP) is 4.28. The van der Waals surface area contributed by atoms with Gasteiger partial charge in [0.1, 0.15) is 11.3 Å². The molecular weight excluding hydrogens is 440 g/mol. The molecule has 2 heterocycles. The van der Waals surface area contributed by atoms with Gasteiger partial charge in [0.05, 0.1) is 18.0 Å². The minimum Gasteiger partial charge on any atom is -0.508 e. The van der Waals surface area contributed by atoms with Crippen LogP contribution >= 0.6 is 0 Å². The van der Waals surface area contributed by atoms with E-state index in [9.17, 15) is 14.7 Å². The lowest BCUT2D eigenvalue weighted by atomic mass is 9.96. The Balaban J connectivity index is 1.32. The smallest absolute Gasteiger partial charge is 0.340 e. The third kappa shape index (κ3) is 4.70. The lowest BCUT2D eigenvalue weighted by Crippen LogP contribution is -2.50. The van der Waals surface area contributed by atoms with Crippen LogP contribution < -0.4 is 5.63 Å². The summed E-state index contributed by atoms with van der Waals surface area (Å²) in [7, 11) is 0. The Morgan fingerprint density at radius 2 is 1.51 bits per heavy atom. The Morgan fingerprint density at radius 3 is 2.11 bits per heavy atom. The van der Waals surface area contributed by atoms with E-state index in [4.69, 9.17) is 4.42 Å². The van der Waals surface area contributed by atoms with Crippen LogP contribution in [0.1, 0.15) is 28.3 Å². The van der Waals surface area contributed by atoms with Crippen LogP contribution in [0, 0.1) is 6.92 Å². The molecular formula is C29H28N2O4. The van der Waals surface area contributed by atoms with Crippen molar-refractivity contribution in [2.75, 3.05) is 26.2 Å². The molecule has 0 saturated carbocycles. The molecule has 1 N–H and O–H groups in total. The summed E-state index contributed by atoms with van der Waals surface area (Å²) < 4.78 is 5.39. The van der Waals surface area contributed by atoms with Gasteiger partial charge in [-0.3, -0.25) is 9.69 Å². The van der Waals surface area contributed by atoms with E-state index in [-0.39, 0.29) is 24.1 Å². The third-order valence-corrected chi connectivity index (χ3v) is 6.86. The molecule has 0 aliphatic carbocycles. The van der Waals surface area contributed by atoms with Crippen molar-refractivity contribution in [1.29, 1.82) is 0 Å². The highest BCUT2D eigenvalue weighted by Crippen LogP contribution is 2.30. The topological polar surface area (TPSA) is 74.0 Å². The molecule has 3 aromatic carbocycles. The van der Waals surface area contributed by atoms with Crippen LogP contribution in [0.3, 0.4) is 0 Å². The van der Waals surface area contributed by atoms with Crippen molar-refractivity contribution in [1.82, 2.24) is 9.80 Å². The maximum Gasteiger partial charge on any atom is 0.340 e. The summed E-state index contributed by atoms with van der Waals surface area (Å²) in [4.78, 5) is 30.0. The fourth-order valence-electron chi connectivity index (χ4n) is 4.96. The summed E-state index contributed by atoms with van der Waals surface area (Å²) in [5.41, 5.74) is 3.35. The Labute approximate surface area is 204 Å². The molecule has 1 aliphatic rings. The molecule has 0 radical (unpaired) electrons. The van der Waals surface area contributed by atoms with Gasteiger partial charge >= 0.3 is 5.63 Å². The van der Waals surface area contributed by atoms with Crippen molar-refractivity contribution in [3.05, 3.63) is 112 Å².